The van der Waals surface area contributed by atoms with E-state index in [1.807, 2.05) is 24.3 Å². The van der Waals surface area contributed by atoms with Gasteiger partial charge >= 0.3 is 0 Å². The Morgan fingerprint density at radius 2 is 2.00 bits per heavy atom. The average molecular weight is 418 g/mol. The predicted molar refractivity (Wildman–Crippen MR) is 107 cm³/mol. The molecule has 0 saturated carbocycles. The maximum Gasteiger partial charge on any atom is 0.230 e. The molecule has 9 heteroatoms. The highest BCUT2D eigenvalue weighted by Gasteiger charge is 2.18. The van der Waals surface area contributed by atoms with E-state index >= 15 is 0 Å². The molecular weight excluding hydrogens is 398 g/mol. The summed E-state index contributed by atoms with van der Waals surface area (Å²) in [4.78, 5) is 12.3. The van der Waals surface area contributed by atoms with Crippen LogP contribution in [0.15, 0.2) is 47.6 Å². The molecule has 2 aromatic carbocycles. The van der Waals surface area contributed by atoms with Crippen LogP contribution >= 0.6 is 11.8 Å². The summed E-state index contributed by atoms with van der Waals surface area (Å²) in [7, 11) is 3.39. The van der Waals surface area contributed by atoms with E-state index in [-0.39, 0.29) is 17.2 Å². The van der Waals surface area contributed by atoms with Crippen molar-refractivity contribution in [2.75, 3.05) is 12.9 Å². The number of hydrogen-bond donors (Lipinski definition) is 1. The first kappa shape index (κ1) is 20.8. The third-order valence-electron chi connectivity index (χ3n) is 4.32. The molecule has 152 valence electrons. The number of hydrogen-bond acceptors (Lipinski definition) is 5. The lowest BCUT2D eigenvalue weighted by molar-refractivity contribution is -0.119. The number of nitrogens with zero attached hydrogens (tertiary/aromatic N) is 3. The van der Waals surface area contributed by atoms with Crippen LogP contribution in [0.3, 0.4) is 0 Å². The molecule has 0 aliphatic carbocycles. The minimum absolute atomic E-state index is 0.0745. The van der Waals surface area contributed by atoms with Gasteiger partial charge in [-0.2, -0.15) is 0 Å². The maximum absolute atomic E-state index is 13.9. The van der Waals surface area contributed by atoms with Crippen molar-refractivity contribution in [1.82, 2.24) is 20.1 Å². The fourth-order valence-corrected chi connectivity index (χ4v) is 3.57. The summed E-state index contributed by atoms with van der Waals surface area (Å²) in [5, 5.41) is 11.6. The maximum atomic E-state index is 13.9. The number of para-hydroxylation sites is 1. The van der Waals surface area contributed by atoms with Gasteiger partial charge in [-0.05, 0) is 25.1 Å². The molecule has 0 saturated heterocycles. The van der Waals surface area contributed by atoms with E-state index in [4.69, 9.17) is 4.74 Å². The van der Waals surface area contributed by atoms with E-state index in [0.717, 1.165) is 17.7 Å². The second-order valence-corrected chi connectivity index (χ2v) is 7.25. The van der Waals surface area contributed by atoms with Crippen LogP contribution in [0.1, 0.15) is 18.5 Å². The molecule has 3 rings (SSSR count). The molecule has 0 spiro atoms. The third-order valence-corrected chi connectivity index (χ3v) is 5.34. The molecule has 3 aromatic rings. The van der Waals surface area contributed by atoms with Gasteiger partial charge in [-0.25, -0.2) is 8.78 Å². The fourth-order valence-electron chi connectivity index (χ4n) is 2.85. The number of amides is 1. The van der Waals surface area contributed by atoms with Crippen molar-refractivity contribution < 1.29 is 18.3 Å². The van der Waals surface area contributed by atoms with E-state index in [0.29, 0.717) is 16.7 Å². The van der Waals surface area contributed by atoms with Gasteiger partial charge in [0, 0.05) is 18.7 Å². The number of ether oxygens (including phenoxy) is 1. The Morgan fingerprint density at radius 1 is 1.24 bits per heavy atom. The third kappa shape index (κ3) is 4.73. The Bertz CT molecular complexity index is 1030. The number of rotatable bonds is 7. The molecule has 0 aliphatic heterocycles. The van der Waals surface area contributed by atoms with Gasteiger partial charge in [-0.3, -0.25) is 4.79 Å². The molecule has 0 fully saturated rings. The number of thioether (sulfide) groups is 1. The Hall–Kier alpha value is -2.94. The van der Waals surface area contributed by atoms with Crippen LogP contribution in [0.2, 0.25) is 0 Å². The number of carbonyl (C=O) groups excluding carboxylic acids is 1. The van der Waals surface area contributed by atoms with Crippen LogP contribution in [0.5, 0.6) is 5.75 Å². The number of aromatic nitrogens is 3. The zero-order valence-corrected chi connectivity index (χ0v) is 17.0. The second kappa shape index (κ2) is 9.04. The van der Waals surface area contributed by atoms with Crippen LogP contribution in [0.25, 0.3) is 11.4 Å². The van der Waals surface area contributed by atoms with Gasteiger partial charge in [0.1, 0.15) is 17.4 Å². The molecule has 1 N–H and O–H groups in total. The molecular formula is C20H20F2N4O2S. The van der Waals surface area contributed by atoms with Crippen molar-refractivity contribution >= 4 is 17.7 Å². The van der Waals surface area contributed by atoms with Crippen LogP contribution in [-0.2, 0) is 11.8 Å². The Balaban J connectivity index is 1.64. The number of methoxy groups -OCH3 is 1. The van der Waals surface area contributed by atoms with Crippen LogP contribution in [0.4, 0.5) is 8.78 Å². The standard InChI is InChI=1S/C20H20F2N4O2S/c1-12(14-9-8-13(21)10-16(14)22)23-18(27)11-29-20-25-24-19(26(20)2)15-6-4-5-7-17(15)28-3/h4-10,12H,11H2,1-3H3,(H,23,27)/t12-/m0/s1. The van der Waals surface area contributed by atoms with Gasteiger partial charge < -0.3 is 14.6 Å². The van der Waals surface area contributed by atoms with Gasteiger partial charge in [-0.15, -0.1) is 10.2 Å². The molecule has 1 heterocycles. The molecule has 1 atom stereocenters. The van der Waals surface area contributed by atoms with Gasteiger partial charge in [0.15, 0.2) is 11.0 Å². The molecule has 0 unspecified atom stereocenters. The van der Waals surface area contributed by atoms with Crippen LogP contribution in [-0.4, -0.2) is 33.5 Å². The van der Waals surface area contributed by atoms with E-state index in [1.165, 1.54) is 17.8 Å². The van der Waals surface area contributed by atoms with Crippen molar-refractivity contribution in [2.24, 2.45) is 7.05 Å². The van der Waals surface area contributed by atoms with E-state index in [2.05, 4.69) is 15.5 Å². The summed E-state index contributed by atoms with van der Waals surface area (Å²) < 4.78 is 34.0. The number of carbonyl (C=O) groups is 1. The Labute approximate surface area is 171 Å². The molecule has 0 radical (unpaired) electrons. The quantitative estimate of drug-likeness (QED) is 0.592. The molecule has 29 heavy (non-hydrogen) atoms. The van der Waals surface area contributed by atoms with Gasteiger partial charge in [0.25, 0.3) is 0 Å². The normalized spacial score (nSPS) is 11.9. The smallest absolute Gasteiger partial charge is 0.230 e. The van der Waals surface area contributed by atoms with Crippen molar-refractivity contribution in [3.8, 4) is 17.1 Å². The Kier molecular flexibility index (Phi) is 6.48. The first-order chi connectivity index (χ1) is 13.9. The zero-order chi connectivity index (χ0) is 21.0. The van der Waals surface area contributed by atoms with Crippen molar-refractivity contribution in [2.45, 2.75) is 18.1 Å². The zero-order valence-electron chi connectivity index (χ0n) is 16.1. The van der Waals surface area contributed by atoms with E-state index in [1.54, 1.807) is 25.6 Å². The first-order valence-corrected chi connectivity index (χ1v) is 9.79. The highest BCUT2D eigenvalue weighted by atomic mass is 32.2. The number of nitrogens with one attached hydrogen (secondary N) is 1. The fraction of sp³-hybridized carbons (Fsp3) is 0.250. The summed E-state index contributed by atoms with van der Waals surface area (Å²) in [6.07, 6.45) is 0. The summed E-state index contributed by atoms with van der Waals surface area (Å²) in [5.74, 6) is -0.285. The largest absolute Gasteiger partial charge is 0.496 e. The van der Waals surface area contributed by atoms with Crippen molar-refractivity contribution in [3.63, 3.8) is 0 Å². The minimum Gasteiger partial charge on any atom is -0.496 e. The van der Waals surface area contributed by atoms with Gasteiger partial charge in [0.2, 0.25) is 5.91 Å². The summed E-state index contributed by atoms with van der Waals surface area (Å²) in [6, 6.07) is 10.1. The lowest BCUT2D eigenvalue weighted by Crippen LogP contribution is -2.28. The number of benzene rings is 2. The summed E-state index contributed by atoms with van der Waals surface area (Å²) in [5.41, 5.74) is 1.02. The van der Waals surface area contributed by atoms with Gasteiger partial charge in [0.05, 0.1) is 24.5 Å². The van der Waals surface area contributed by atoms with E-state index < -0.39 is 17.7 Å². The Morgan fingerprint density at radius 3 is 2.72 bits per heavy atom. The lowest BCUT2D eigenvalue weighted by Gasteiger charge is -2.15. The average Bonchev–Trinajstić information content (AvgIpc) is 3.06. The first-order valence-electron chi connectivity index (χ1n) is 8.80. The molecule has 0 aliphatic rings. The highest BCUT2D eigenvalue weighted by Crippen LogP contribution is 2.30. The molecule has 1 aromatic heterocycles. The SMILES string of the molecule is COc1ccccc1-c1nnc(SCC(=O)N[C@@H](C)c2ccc(F)cc2F)n1C. The molecule has 0 bridgehead atoms. The second-order valence-electron chi connectivity index (χ2n) is 6.31. The topological polar surface area (TPSA) is 69.0 Å². The van der Waals surface area contributed by atoms with Gasteiger partial charge in [-0.1, -0.05) is 30.0 Å². The minimum atomic E-state index is -0.694. The van der Waals surface area contributed by atoms with Crippen molar-refractivity contribution in [1.29, 1.82) is 0 Å². The number of halogens is 2. The summed E-state index contributed by atoms with van der Waals surface area (Å²) in [6.45, 7) is 1.64. The monoisotopic (exact) mass is 418 g/mol. The predicted octanol–water partition coefficient (Wildman–Crippen LogP) is 3.74. The van der Waals surface area contributed by atoms with E-state index in [9.17, 15) is 13.6 Å². The molecule has 6 nitrogen and oxygen atoms in total. The summed E-state index contributed by atoms with van der Waals surface area (Å²) >= 11 is 1.21. The van der Waals surface area contributed by atoms with Crippen molar-refractivity contribution in [3.05, 3.63) is 59.7 Å². The van der Waals surface area contributed by atoms with Crippen LogP contribution < -0.4 is 10.1 Å². The lowest BCUT2D eigenvalue weighted by atomic mass is 10.1. The highest BCUT2D eigenvalue weighted by molar-refractivity contribution is 7.99. The van der Waals surface area contributed by atoms with Crippen LogP contribution in [0, 0.1) is 11.6 Å². The molecule has 1 amide bonds.